The highest BCUT2D eigenvalue weighted by Crippen LogP contribution is 2.23. The van der Waals surface area contributed by atoms with Crippen LogP contribution < -0.4 is 5.32 Å². The summed E-state index contributed by atoms with van der Waals surface area (Å²) in [5, 5.41) is 5.60. The molecule has 176 valence electrons. The summed E-state index contributed by atoms with van der Waals surface area (Å²) >= 11 is 1.79. The molecule has 2 atom stereocenters. The van der Waals surface area contributed by atoms with Gasteiger partial charge < -0.3 is 20.0 Å². The summed E-state index contributed by atoms with van der Waals surface area (Å²) in [6.45, 7) is 11.2. The number of nitrogens with zero attached hydrogens (tertiary/aromatic N) is 5. The average Bonchev–Trinajstić information content (AvgIpc) is 3.46. The van der Waals surface area contributed by atoms with Crippen LogP contribution in [0.25, 0.3) is 0 Å². The van der Waals surface area contributed by atoms with Gasteiger partial charge in [0.1, 0.15) is 0 Å². The number of carbonyl (C=O) groups is 1. The largest absolute Gasteiger partial charge is 0.357 e. The first-order valence-electron chi connectivity index (χ1n) is 11.3. The predicted molar refractivity (Wildman–Crippen MR) is 141 cm³/mol. The minimum atomic E-state index is -0.0262. The van der Waals surface area contributed by atoms with Crippen LogP contribution in [0.2, 0.25) is 0 Å². The molecule has 31 heavy (non-hydrogen) atoms. The molecule has 1 aromatic heterocycles. The van der Waals surface area contributed by atoms with Crippen LogP contribution in [0.1, 0.15) is 37.6 Å². The Kier molecular flexibility index (Phi) is 11.0. The van der Waals surface area contributed by atoms with Crippen LogP contribution in [-0.4, -0.2) is 104 Å². The van der Waals surface area contributed by atoms with Gasteiger partial charge in [0.25, 0.3) is 0 Å². The second-order valence-electron chi connectivity index (χ2n) is 8.42. The van der Waals surface area contributed by atoms with Crippen molar-refractivity contribution < 1.29 is 4.79 Å². The molecule has 1 N–H and O–H groups in total. The zero-order valence-corrected chi connectivity index (χ0v) is 22.6. The van der Waals surface area contributed by atoms with Crippen LogP contribution in [0.15, 0.2) is 22.5 Å². The molecule has 2 aliphatic heterocycles. The van der Waals surface area contributed by atoms with Crippen molar-refractivity contribution in [3.63, 3.8) is 0 Å². The van der Waals surface area contributed by atoms with Crippen molar-refractivity contribution in [1.29, 1.82) is 0 Å². The van der Waals surface area contributed by atoms with Crippen molar-refractivity contribution in [2.45, 2.75) is 38.8 Å². The van der Waals surface area contributed by atoms with Gasteiger partial charge in [-0.05, 0) is 52.2 Å². The molecular formula is C22H39IN6OS. The van der Waals surface area contributed by atoms with Gasteiger partial charge in [-0.25, -0.2) is 0 Å². The number of nitrogens with one attached hydrogen (secondary N) is 1. The Hall–Kier alpha value is -0.910. The molecule has 0 radical (unpaired) electrons. The number of thiophene rings is 1. The lowest BCUT2D eigenvalue weighted by atomic mass is 10.2. The van der Waals surface area contributed by atoms with Crippen LogP contribution in [0.5, 0.6) is 0 Å². The van der Waals surface area contributed by atoms with Gasteiger partial charge in [-0.1, -0.05) is 6.07 Å². The molecule has 3 rings (SSSR count). The van der Waals surface area contributed by atoms with E-state index in [-0.39, 0.29) is 36.1 Å². The normalized spacial score (nSPS) is 20.0. The highest BCUT2D eigenvalue weighted by Gasteiger charge is 2.30. The summed E-state index contributed by atoms with van der Waals surface area (Å²) in [5.41, 5.74) is 0. The Morgan fingerprint density at radius 3 is 2.39 bits per heavy atom. The Bertz CT molecular complexity index is 684. The molecule has 0 aromatic carbocycles. The van der Waals surface area contributed by atoms with Crippen molar-refractivity contribution in [2.75, 3.05) is 66.5 Å². The summed E-state index contributed by atoms with van der Waals surface area (Å²) < 4.78 is 0. The van der Waals surface area contributed by atoms with Crippen molar-refractivity contribution >= 4 is 47.2 Å². The maximum Gasteiger partial charge on any atom is 0.239 e. The Balaban J connectivity index is 0.00000341. The van der Waals surface area contributed by atoms with E-state index in [4.69, 9.17) is 4.99 Å². The zero-order chi connectivity index (χ0) is 21.5. The first-order chi connectivity index (χ1) is 14.5. The van der Waals surface area contributed by atoms with E-state index >= 15 is 0 Å². The zero-order valence-electron chi connectivity index (χ0n) is 19.4. The third-order valence-corrected chi connectivity index (χ3v) is 7.15. The standard InChI is InChI=1S/C22H38N6OS.HI/c1-5-23-22(24-17-19(25(3)4)20-9-8-16-30-20)28-14-12-26(13-15-28)18(2)21(29)27-10-6-7-11-27;/h8-9,16,18-19H,5-7,10-15,17H2,1-4H3,(H,23,24);1H. The number of amides is 1. The highest BCUT2D eigenvalue weighted by molar-refractivity contribution is 14.0. The molecule has 9 heteroatoms. The van der Waals surface area contributed by atoms with Gasteiger partial charge in [-0.15, -0.1) is 35.3 Å². The molecule has 0 aliphatic carbocycles. The van der Waals surface area contributed by atoms with Gasteiger partial charge in [-0.3, -0.25) is 14.7 Å². The molecule has 0 bridgehead atoms. The van der Waals surface area contributed by atoms with Crippen LogP contribution >= 0.6 is 35.3 Å². The van der Waals surface area contributed by atoms with Crippen molar-refractivity contribution in [3.8, 4) is 0 Å². The lowest BCUT2D eigenvalue weighted by molar-refractivity contribution is -0.135. The van der Waals surface area contributed by atoms with Crippen molar-refractivity contribution in [1.82, 2.24) is 24.9 Å². The fraction of sp³-hybridized carbons (Fsp3) is 0.727. The summed E-state index contributed by atoms with van der Waals surface area (Å²) in [7, 11) is 4.23. The Morgan fingerprint density at radius 2 is 1.84 bits per heavy atom. The van der Waals surface area contributed by atoms with E-state index in [1.54, 1.807) is 11.3 Å². The van der Waals surface area contributed by atoms with E-state index in [0.717, 1.165) is 71.2 Å². The number of hydrogen-bond donors (Lipinski definition) is 1. The topological polar surface area (TPSA) is 54.4 Å². The smallest absolute Gasteiger partial charge is 0.239 e. The maximum absolute atomic E-state index is 12.7. The van der Waals surface area contributed by atoms with Gasteiger partial charge in [0, 0.05) is 50.7 Å². The summed E-state index contributed by atoms with van der Waals surface area (Å²) in [6.07, 6.45) is 2.29. The number of aliphatic imine (C=N–C) groups is 1. The number of piperazine rings is 1. The van der Waals surface area contributed by atoms with E-state index < -0.39 is 0 Å². The van der Waals surface area contributed by atoms with Gasteiger partial charge in [0.15, 0.2) is 5.96 Å². The first kappa shape index (κ1) is 26.3. The second kappa shape index (κ2) is 13.0. The lowest BCUT2D eigenvalue weighted by Crippen LogP contribution is -2.57. The second-order valence-corrected chi connectivity index (χ2v) is 9.40. The summed E-state index contributed by atoms with van der Waals surface area (Å²) in [5.74, 6) is 1.28. The number of hydrogen-bond acceptors (Lipinski definition) is 5. The third-order valence-electron chi connectivity index (χ3n) is 6.18. The number of likely N-dealkylation sites (tertiary alicyclic amines) is 1. The highest BCUT2D eigenvalue weighted by atomic mass is 127. The van der Waals surface area contributed by atoms with E-state index in [0.29, 0.717) is 5.91 Å². The Labute approximate surface area is 208 Å². The SMILES string of the molecule is CCNC(=NCC(c1cccs1)N(C)C)N1CCN(C(C)C(=O)N2CCCC2)CC1.I. The fourth-order valence-electron chi connectivity index (χ4n) is 4.27. The average molecular weight is 563 g/mol. The van der Waals surface area contributed by atoms with Crippen LogP contribution in [0.4, 0.5) is 0 Å². The number of guanidine groups is 1. The number of likely N-dealkylation sites (N-methyl/N-ethyl adjacent to an activating group) is 1. The fourth-order valence-corrected chi connectivity index (χ4v) is 5.18. The minimum absolute atomic E-state index is 0. The lowest BCUT2D eigenvalue weighted by Gasteiger charge is -2.39. The third kappa shape index (κ3) is 7.03. The molecule has 2 saturated heterocycles. The van der Waals surface area contributed by atoms with Gasteiger partial charge in [0.2, 0.25) is 5.91 Å². The summed E-state index contributed by atoms with van der Waals surface area (Å²) in [4.78, 5) is 28.0. The first-order valence-corrected chi connectivity index (χ1v) is 12.1. The van der Waals surface area contributed by atoms with E-state index in [9.17, 15) is 4.79 Å². The predicted octanol–water partition coefficient (Wildman–Crippen LogP) is 2.56. The van der Waals surface area contributed by atoms with E-state index in [1.807, 2.05) is 4.90 Å². The molecule has 1 amide bonds. The quantitative estimate of drug-likeness (QED) is 0.315. The molecule has 1 aromatic rings. The van der Waals surface area contributed by atoms with Gasteiger partial charge in [-0.2, -0.15) is 0 Å². The molecule has 3 heterocycles. The number of halogens is 1. The summed E-state index contributed by atoms with van der Waals surface area (Å²) in [6, 6.07) is 4.56. The van der Waals surface area contributed by atoms with Crippen LogP contribution in [-0.2, 0) is 4.79 Å². The number of rotatable bonds is 7. The molecule has 0 saturated carbocycles. The van der Waals surface area contributed by atoms with Gasteiger partial charge >= 0.3 is 0 Å². The van der Waals surface area contributed by atoms with Crippen molar-refractivity contribution in [3.05, 3.63) is 22.4 Å². The molecule has 0 spiro atoms. The molecular weight excluding hydrogens is 523 g/mol. The van der Waals surface area contributed by atoms with Crippen LogP contribution in [0.3, 0.4) is 0 Å². The molecule has 2 unspecified atom stereocenters. The molecule has 2 aliphatic rings. The Morgan fingerprint density at radius 1 is 1.16 bits per heavy atom. The van der Waals surface area contributed by atoms with Gasteiger partial charge in [0.05, 0.1) is 18.6 Å². The molecule has 2 fully saturated rings. The van der Waals surface area contributed by atoms with E-state index in [1.165, 1.54) is 4.88 Å². The monoisotopic (exact) mass is 562 g/mol. The maximum atomic E-state index is 12.7. The van der Waals surface area contributed by atoms with Crippen LogP contribution in [0, 0.1) is 0 Å². The molecule has 7 nitrogen and oxygen atoms in total. The van der Waals surface area contributed by atoms with E-state index in [2.05, 4.69) is 65.5 Å². The minimum Gasteiger partial charge on any atom is -0.357 e. The van der Waals surface area contributed by atoms with Crippen molar-refractivity contribution in [2.24, 2.45) is 4.99 Å². The number of carbonyl (C=O) groups excluding carboxylic acids is 1.